The zero-order chi connectivity index (χ0) is 31.7. The van der Waals surface area contributed by atoms with Crippen LogP contribution in [0.25, 0.3) is 0 Å². The van der Waals surface area contributed by atoms with Gasteiger partial charge in [-0.3, -0.25) is 4.79 Å². The van der Waals surface area contributed by atoms with Crippen LogP contribution < -0.4 is 5.32 Å². The van der Waals surface area contributed by atoms with Gasteiger partial charge in [-0.1, -0.05) is 66.7 Å². The molecule has 44 heavy (non-hydrogen) atoms. The van der Waals surface area contributed by atoms with E-state index in [1.807, 2.05) is 74.5 Å². The standard InChI is InChI=1S/C33H42N2O9/c1-6-40-30(37)26(34-22(2)36)18-17-25(19-27-28-29(31(39-5)42-27)44-33(3,4)43-28)35(20-23-13-9-7-10-14-23)32(38)41-21-24-15-11-8-12-16-24/h7-16,18,25,27-29,31H,6,17,19-21H2,1-5H3,(H,34,36)/b26-18-/t25-,27+,28+,29+,31+/m0/s1. The molecule has 1 N–H and O–H groups in total. The molecule has 0 bridgehead atoms. The largest absolute Gasteiger partial charge is 0.461 e. The fraction of sp³-hybridized carbons (Fsp3) is 0.485. The minimum Gasteiger partial charge on any atom is -0.461 e. The molecule has 2 amide bonds. The minimum absolute atomic E-state index is 0.0109. The van der Waals surface area contributed by atoms with Gasteiger partial charge in [-0.05, 0) is 44.7 Å². The van der Waals surface area contributed by atoms with Crippen molar-refractivity contribution in [3.63, 3.8) is 0 Å². The number of carbonyl (C=O) groups is 3. The Morgan fingerprint density at radius 3 is 2.23 bits per heavy atom. The maximum atomic E-state index is 13.8. The average Bonchev–Trinajstić information content (AvgIpc) is 3.49. The zero-order valence-corrected chi connectivity index (χ0v) is 25.9. The number of nitrogens with one attached hydrogen (secondary N) is 1. The van der Waals surface area contributed by atoms with Crippen LogP contribution in [0.3, 0.4) is 0 Å². The summed E-state index contributed by atoms with van der Waals surface area (Å²) < 4.78 is 35.1. The number of carbonyl (C=O) groups excluding carboxylic acids is 3. The Labute approximate surface area is 258 Å². The molecule has 2 aliphatic heterocycles. The van der Waals surface area contributed by atoms with Crippen molar-refractivity contribution in [2.75, 3.05) is 13.7 Å². The summed E-state index contributed by atoms with van der Waals surface area (Å²) in [4.78, 5) is 40.1. The van der Waals surface area contributed by atoms with Crippen molar-refractivity contribution >= 4 is 18.0 Å². The summed E-state index contributed by atoms with van der Waals surface area (Å²) in [6, 6.07) is 18.4. The van der Waals surface area contributed by atoms with Crippen molar-refractivity contribution in [2.45, 2.75) is 90.1 Å². The maximum absolute atomic E-state index is 13.8. The quantitative estimate of drug-likeness (QED) is 0.259. The van der Waals surface area contributed by atoms with Crippen LogP contribution in [0, 0.1) is 0 Å². The SMILES string of the molecule is CCOC(=O)/C(=C/C[C@@H](C[C@H]1O[C@@H](OC)[C@@H]2OC(C)(C)O[C@@H]21)N(Cc1ccccc1)C(=O)OCc1ccccc1)NC(C)=O. The van der Waals surface area contributed by atoms with Crippen molar-refractivity contribution in [2.24, 2.45) is 0 Å². The summed E-state index contributed by atoms with van der Waals surface area (Å²) >= 11 is 0. The number of nitrogens with zero attached hydrogens (tertiary/aromatic N) is 1. The first-order valence-electron chi connectivity index (χ1n) is 14.8. The summed E-state index contributed by atoms with van der Waals surface area (Å²) in [5.41, 5.74) is 1.71. The van der Waals surface area contributed by atoms with E-state index in [0.29, 0.717) is 6.42 Å². The first kappa shape index (κ1) is 33.1. The molecule has 11 heteroatoms. The second-order valence-corrected chi connectivity index (χ2v) is 11.1. The van der Waals surface area contributed by atoms with Crippen molar-refractivity contribution in [1.29, 1.82) is 0 Å². The van der Waals surface area contributed by atoms with Gasteiger partial charge in [0.2, 0.25) is 5.91 Å². The Bertz CT molecular complexity index is 1280. The number of rotatable bonds is 13. The summed E-state index contributed by atoms with van der Waals surface area (Å²) in [7, 11) is 1.54. The van der Waals surface area contributed by atoms with Crippen LogP contribution in [0.2, 0.25) is 0 Å². The second-order valence-electron chi connectivity index (χ2n) is 11.1. The highest BCUT2D eigenvalue weighted by atomic mass is 16.8. The predicted molar refractivity (Wildman–Crippen MR) is 160 cm³/mol. The summed E-state index contributed by atoms with van der Waals surface area (Å²) in [5.74, 6) is -1.94. The topological polar surface area (TPSA) is 122 Å². The van der Waals surface area contributed by atoms with Gasteiger partial charge in [0.1, 0.15) is 24.5 Å². The summed E-state index contributed by atoms with van der Waals surface area (Å²) in [6.07, 6.45) is -0.611. The number of methoxy groups -OCH3 is 1. The monoisotopic (exact) mass is 610 g/mol. The smallest absolute Gasteiger partial charge is 0.410 e. The van der Waals surface area contributed by atoms with E-state index < -0.39 is 54.4 Å². The predicted octanol–water partition coefficient (Wildman–Crippen LogP) is 4.45. The van der Waals surface area contributed by atoms with Crippen molar-refractivity contribution in [3.05, 3.63) is 83.6 Å². The van der Waals surface area contributed by atoms with E-state index in [-0.39, 0.29) is 31.9 Å². The van der Waals surface area contributed by atoms with Gasteiger partial charge < -0.3 is 38.6 Å². The first-order chi connectivity index (χ1) is 21.1. The van der Waals surface area contributed by atoms with Gasteiger partial charge in [-0.2, -0.15) is 0 Å². The van der Waals surface area contributed by atoms with Crippen LogP contribution in [0.5, 0.6) is 0 Å². The number of hydrogen-bond acceptors (Lipinski definition) is 9. The first-order valence-corrected chi connectivity index (χ1v) is 14.8. The lowest BCUT2D eigenvalue weighted by Crippen LogP contribution is -2.44. The Hall–Kier alpha value is -3.77. The molecule has 0 unspecified atom stereocenters. The van der Waals surface area contributed by atoms with Gasteiger partial charge >= 0.3 is 12.1 Å². The average molecular weight is 611 g/mol. The molecule has 0 saturated carbocycles. The Morgan fingerprint density at radius 1 is 0.977 bits per heavy atom. The molecular weight excluding hydrogens is 568 g/mol. The van der Waals surface area contributed by atoms with E-state index in [0.717, 1.165) is 11.1 Å². The lowest BCUT2D eigenvalue weighted by molar-refractivity contribution is -0.228. The normalized spacial score (nSPS) is 23.0. The molecular formula is C33H42N2O9. The number of amides is 2. The number of ether oxygens (including phenoxy) is 6. The third-order valence-electron chi connectivity index (χ3n) is 7.32. The van der Waals surface area contributed by atoms with Gasteiger partial charge in [0.25, 0.3) is 0 Å². The molecule has 5 atom stereocenters. The molecule has 2 saturated heterocycles. The third-order valence-corrected chi connectivity index (χ3v) is 7.32. The molecule has 2 fully saturated rings. The molecule has 238 valence electrons. The molecule has 0 aliphatic carbocycles. The number of hydrogen-bond donors (Lipinski definition) is 1. The van der Waals surface area contributed by atoms with E-state index >= 15 is 0 Å². The molecule has 4 rings (SSSR count). The van der Waals surface area contributed by atoms with Gasteiger partial charge in [-0.15, -0.1) is 0 Å². The van der Waals surface area contributed by atoms with Gasteiger partial charge in [-0.25, -0.2) is 9.59 Å². The molecule has 0 spiro atoms. The lowest BCUT2D eigenvalue weighted by Gasteiger charge is -2.33. The van der Waals surface area contributed by atoms with Crippen LogP contribution >= 0.6 is 0 Å². The van der Waals surface area contributed by atoms with E-state index in [1.54, 1.807) is 25.0 Å². The fourth-order valence-corrected chi connectivity index (χ4v) is 5.40. The highest BCUT2D eigenvalue weighted by molar-refractivity contribution is 5.93. The van der Waals surface area contributed by atoms with E-state index in [9.17, 15) is 14.4 Å². The van der Waals surface area contributed by atoms with Gasteiger partial charge in [0.15, 0.2) is 12.1 Å². The van der Waals surface area contributed by atoms with Crippen molar-refractivity contribution in [1.82, 2.24) is 10.2 Å². The number of fused-ring (bicyclic) bond motifs is 1. The van der Waals surface area contributed by atoms with Crippen molar-refractivity contribution < 1.29 is 42.8 Å². The number of benzene rings is 2. The molecule has 11 nitrogen and oxygen atoms in total. The zero-order valence-electron chi connectivity index (χ0n) is 25.9. The highest BCUT2D eigenvalue weighted by Crippen LogP contribution is 2.41. The van der Waals surface area contributed by atoms with Crippen LogP contribution in [-0.4, -0.2) is 73.0 Å². The molecule has 0 aromatic heterocycles. The lowest BCUT2D eigenvalue weighted by atomic mass is 9.98. The van der Waals surface area contributed by atoms with Crippen LogP contribution in [0.4, 0.5) is 4.79 Å². The van der Waals surface area contributed by atoms with Gasteiger partial charge in [0, 0.05) is 26.6 Å². The van der Waals surface area contributed by atoms with Crippen LogP contribution in [-0.2, 0) is 51.2 Å². The molecule has 0 radical (unpaired) electrons. The van der Waals surface area contributed by atoms with Crippen molar-refractivity contribution in [3.8, 4) is 0 Å². The summed E-state index contributed by atoms with van der Waals surface area (Å²) in [6.45, 7) is 7.09. The Balaban J connectivity index is 1.68. The Morgan fingerprint density at radius 2 is 1.61 bits per heavy atom. The Kier molecular flexibility index (Phi) is 11.5. The van der Waals surface area contributed by atoms with E-state index in [4.69, 9.17) is 28.4 Å². The maximum Gasteiger partial charge on any atom is 0.410 e. The van der Waals surface area contributed by atoms with Crippen LogP contribution in [0.1, 0.15) is 51.7 Å². The molecule has 2 aliphatic rings. The van der Waals surface area contributed by atoms with Gasteiger partial charge in [0.05, 0.1) is 12.7 Å². The van der Waals surface area contributed by atoms with E-state index in [1.165, 1.54) is 6.92 Å². The minimum atomic E-state index is -0.843. The van der Waals surface area contributed by atoms with E-state index in [2.05, 4.69) is 5.32 Å². The third kappa shape index (κ3) is 8.88. The second kappa shape index (κ2) is 15.3. The molecule has 2 aromatic rings. The fourth-order valence-electron chi connectivity index (χ4n) is 5.40. The molecule has 2 heterocycles. The number of esters is 1. The van der Waals surface area contributed by atoms with Crippen LogP contribution in [0.15, 0.2) is 72.4 Å². The molecule has 2 aromatic carbocycles. The highest BCUT2D eigenvalue weighted by Gasteiger charge is 2.56. The summed E-state index contributed by atoms with van der Waals surface area (Å²) in [5, 5.41) is 2.56.